The maximum absolute atomic E-state index is 5.77. The molecule has 82 valence electrons. The number of benzene rings is 1. The number of nitrogens with zero attached hydrogens (tertiary/aromatic N) is 1. The minimum Gasteiger partial charge on any atom is -0.399 e. The van der Waals surface area contributed by atoms with Crippen molar-refractivity contribution in [1.29, 1.82) is 0 Å². The summed E-state index contributed by atoms with van der Waals surface area (Å²) in [5, 5.41) is 0. The van der Waals surface area contributed by atoms with Crippen LogP contribution in [-0.4, -0.2) is 4.98 Å². The van der Waals surface area contributed by atoms with Crippen molar-refractivity contribution in [2.45, 2.75) is 20.8 Å². The molecule has 0 spiro atoms. The van der Waals surface area contributed by atoms with Gasteiger partial charge in [-0.05, 0) is 55.7 Å². The number of anilines is 1. The average Bonchev–Trinajstić information content (AvgIpc) is 2.23. The summed E-state index contributed by atoms with van der Waals surface area (Å²) in [7, 11) is 0. The minimum atomic E-state index is 0.752. The third-order valence-electron chi connectivity index (χ3n) is 2.90. The van der Waals surface area contributed by atoms with Gasteiger partial charge in [-0.25, -0.2) is 0 Å². The van der Waals surface area contributed by atoms with Gasteiger partial charge in [-0.1, -0.05) is 6.07 Å². The summed E-state index contributed by atoms with van der Waals surface area (Å²) in [6, 6.07) is 8.08. The molecule has 1 heterocycles. The van der Waals surface area contributed by atoms with Crippen molar-refractivity contribution in [2.24, 2.45) is 0 Å². The summed E-state index contributed by atoms with van der Waals surface area (Å²) < 4.78 is 0. The fourth-order valence-corrected chi connectivity index (χ4v) is 1.83. The molecule has 0 saturated heterocycles. The highest BCUT2D eigenvalue weighted by molar-refractivity contribution is 5.67. The van der Waals surface area contributed by atoms with Crippen molar-refractivity contribution >= 4 is 5.69 Å². The predicted octanol–water partition coefficient (Wildman–Crippen LogP) is 3.26. The molecule has 1 aromatic heterocycles. The van der Waals surface area contributed by atoms with E-state index in [0.717, 1.165) is 16.9 Å². The number of hydrogen-bond donors (Lipinski definition) is 1. The number of aromatic nitrogens is 1. The lowest BCUT2D eigenvalue weighted by atomic mass is 9.98. The predicted molar refractivity (Wildman–Crippen MR) is 68.3 cm³/mol. The Labute approximate surface area is 96.1 Å². The van der Waals surface area contributed by atoms with Gasteiger partial charge >= 0.3 is 0 Å². The Hall–Kier alpha value is -1.83. The number of hydrogen-bond acceptors (Lipinski definition) is 2. The molecule has 0 radical (unpaired) electrons. The molecule has 0 bridgehead atoms. The van der Waals surface area contributed by atoms with E-state index in [1.54, 1.807) is 12.3 Å². The van der Waals surface area contributed by atoms with Crippen LogP contribution >= 0.6 is 0 Å². The van der Waals surface area contributed by atoms with Crippen LogP contribution in [-0.2, 0) is 0 Å². The maximum Gasteiger partial charge on any atom is 0.0725 e. The number of rotatable bonds is 1. The first-order valence-corrected chi connectivity index (χ1v) is 5.37. The van der Waals surface area contributed by atoms with Crippen LogP contribution in [0.25, 0.3) is 11.3 Å². The Morgan fingerprint density at radius 3 is 2.31 bits per heavy atom. The summed E-state index contributed by atoms with van der Waals surface area (Å²) in [5.74, 6) is 0. The highest BCUT2D eigenvalue weighted by Gasteiger charge is 2.05. The second-order valence-corrected chi connectivity index (χ2v) is 4.23. The van der Waals surface area contributed by atoms with Crippen LogP contribution in [0.15, 0.2) is 30.5 Å². The zero-order valence-electron chi connectivity index (χ0n) is 9.91. The number of nitrogens with two attached hydrogens (primary N) is 1. The lowest BCUT2D eigenvalue weighted by Gasteiger charge is -2.09. The summed E-state index contributed by atoms with van der Waals surface area (Å²) in [6.07, 6.45) is 1.75. The Bertz CT molecular complexity index is 530. The van der Waals surface area contributed by atoms with Crippen LogP contribution in [0.5, 0.6) is 0 Å². The van der Waals surface area contributed by atoms with Gasteiger partial charge in [0.25, 0.3) is 0 Å². The van der Waals surface area contributed by atoms with Gasteiger partial charge in [0.2, 0.25) is 0 Å². The Morgan fingerprint density at radius 1 is 0.938 bits per heavy atom. The molecule has 16 heavy (non-hydrogen) atoms. The Balaban J connectivity index is 2.60. The molecule has 2 N–H and O–H groups in total. The van der Waals surface area contributed by atoms with E-state index in [1.165, 1.54) is 16.7 Å². The zero-order valence-corrected chi connectivity index (χ0v) is 9.91. The summed E-state index contributed by atoms with van der Waals surface area (Å²) in [5.41, 5.74) is 12.5. The van der Waals surface area contributed by atoms with E-state index in [0.29, 0.717) is 0 Å². The summed E-state index contributed by atoms with van der Waals surface area (Å²) in [4.78, 5) is 4.36. The fourth-order valence-electron chi connectivity index (χ4n) is 1.83. The quantitative estimate of drug-likeness (QED) is 0.788. The van der Waals surface area contributed by atoms with Crippen molar-refractivity contribution in [3.8, 4) is 11.3 Å². The molecular weight excluding hydrogens is 196 g/mol. The SMILES string of the molecule is Cc1cc(C)c(-c2cc(N)ccn2)cc1C. The highest BCUT2D eigenvalue weighted by Crippen LogP contribution is 2.25. The van der Waals surface area contributed by atoms with E-state index in [1.807, 2.05) is 6.07 Å². The van der Waals surface area contributed by atoms with E-state index < -0.39 is 0 Å². The fraction of sp³-hybridized carbons (Fsp3) is 0.214. The Morgan fingerprint density at radius 2 is 1.62 bits per heavy atom. The Kier molecular flexibility index (Phi) is 2.65. The first-order chi connectivity index (χ1) is 7.58. The number of aryl methyl sites for hydroxylation is 3. The third kappa shape index (κ3) is 1.91. The normalized spacial score (nSPS) is 10.4. The topological polar surface area (TPSA) is 38.9 Å². The standard InChI is InChI=1S/C14H16N2/c1-9-6-11(3)13(7-10(9)2)14-8-12(15)4-5-16-14/h4-8H,1-3H3,(H2,15,16). The van der Waals surface area contributed by atoms with Gasteiger partial charge in [-0.3, -0.25) is 4.98 Å². The smallest absolute Gasteiger partial charge is 0.0725 e. The maximum atomic E-state index is 5.77. The van der Waals surface area contributed by atoms with E-state index in [-0.39, 0.29) is 0 Å². The molecular formula is C14H16N2. The van der Waals surface area contributed by atoms with E-state index in [9.17, 15) is 0 Å². The molecule has 0 amide bonds. The van der Waals surface area contributed by atoms with Crippen LogP contribution in [0.4, 0.5) is 5.69 Å². The second-order valence-electron chi connectivity index (χ2n) is 4.23. The third-order valence-corrected chi connectivity index (χ3v) is 2.90. The van der Waals surface area contributed by atoms with Crippen LogP contribution < -0.4 is 5.73 Å². The molecule has 0 atom stereocenters. The van der Waals surface area contributed by atoms with Crippen LogP contribution in [0.1, 0.15) is 16.7 Å². The molecule has 2 aromatic rings. The molecule has 0 aliphatic carbocycles. The van der Waals surface area contributed by atoms with Crippen molar-refractivity contribution in [1.82, 2.24) is 4.98 Å². The largest absolute Gasteiger partial charge is 0.399 e. The van der Waals surface area contributed by atoms with Crippen LogP contribution in [0.2, 0.25) is 0 Å². The van der Waals surface area contributed by atoms with Crippen molar-refractivity contribution in [3.05, 3.63) is 47.2 Å². The number of nitrogen functional groups attached to an aromatic ring is 1. The van der Waals surface area contributed by atoms with E-state index >= 15 is 0 Å². The molecule has 2 nitrogen and oxygen atoms in total. The van der Waals surface area contributed by atoms with E-state index in [4.69, 9.17) is 5.73 Å². The average molecular weight is 212 g/mol. The summed E-state index contributed by atoms with van der Waals surface area (Å²) >= 11 is 0. The lowest BCUT2D eigenvalue weighted by molar-refractivity contribution is 1.26. The van der Waals surface area contributed by atoms with Crippen LogP contribution in [0.3, 0.4) is 0 Å². The molecule has 1 aromatic carbocycles. The first kappa shape index (κ1) is 10.7. The van der Waals surface area contributed by atoms with E-state index in [2.05, 4.69) is 37.9 Å². The second kappa shape index (κ2) is 3.97. The molecule has 0 aliphatic heterocycles. The molecule has 0 aliphatic rings. The van der Waals surface area contributed by atoms with Gasteiger partial charge in [0.05, 0.1) is 5.69 Å². The number of pyridine rings is 1. The van der Waals surface area contributed by atoms with Crippen molar-refractivity contribution < 1.29 is 0 Å². The minimum absolute atomic E-state index is 0.752. The molecule has 2 rings (SSSR count). The monoisotopic (exact) mass is 212 g/mol. The van der Waals surface area contributed by atoms with Crippen LogP contribution in [0, 0.1) is 20.8 Å². The molecule has 0 fully saturated rings. The summed E-state index contributed by atoms with van der Waals surface area (Å²) in [6.45, 7) is 6.34. The highest BCUT2D eigenvalue weighted by atomic mass is 14.7. The van der Waals surface area contributed by atoms with Gasteiger partial charge in [0.1, 0.15) is 0 Å². The lowest BCUT2D eigenvalue weighted by Crippen LogP contribution is -1.92. The molecule has 0 saturated carbocycles. The molecule has 0 unspecified atom stereocenters. The van der Waals surface area contributed by atoms with Gasteiger partial charge in [0.15, 0.2) is 0 Å². The first-order valence-electron chi connectivity index (χ1n) is 5.37. The van der Waals surface area contributed by atoms with Crippen molar-refractivity contribution in [3.63, 3.8) is 0 Å². The van der Waals surface area contributed by atoms with Gasteiger partial charge in [-0.15, -0.1) is 0 Å². The van der Waals surface area contributed by atoms with Crippen molar-refractivity contribution in [2.75, 3.05) is 5.73 Å². The van der Waals surface area contributed by atoms with Gasteiger partial charge < -0.3 is 5.73 Å². The molecule has 2 heteroatoms. The van der Waals surface area contributed by atoms with Gasteiger partial charge in [-0.2, -0.15) is 0 Å². The van der Waals surface area contributed by atoms with Gasteiger partial charge in [0, 0.05) is 17.4 Å². The zero-order chi connectivity index (χ0) is 11.7.